The molecule has 0 spiro atoms. The van der Waals surface area contributed by atoms with Crippen LogP contribution in [-0.4, -0.2) is 24.0 Å². The first kappa shape index (κ1) is 12.7. The van der Waals surface area contributed by atoms with E-state index in [-0.39, 0.29) is 12.5 Å². The lowest BCUT2D eigenvalue weighted by Gasteiger charge is -2.21. The van der Waals surface area contributed by atoms with Crippen LogP contribution in [-0.2, 0) is 9.53 Å². The molecule has 0 aliphatic rings. The molecule has 0 fully saturated rings. The van der Waals surface area contributed by atoms with E-state index in [4.69, 9.17) is 4.74 Å². The zero-order valence-corrected chi connectivity index (χ0v) is 8.87. The van der Waals surface area contributed by atoms with Gasteiger partial charge < -0.3 is 14.8 Å². The van der Waals surface area contributed by atoms with Crippen LogP contribution < -0.4 is 5.32 Å². The average Bonchev–Trinajstić information content (AvgIpc) is 2.00. The number of aldehydes is 1. The quantitative estimate of drug-likeness (QED) is 0.553. The molecular weight excluding hydrogens is 182 g/mol. The number of carbonyl (C=O) groups is 2. The largest absolute Gasteiger partial charge is 0.444 e. The maximum Gasteiger partial charge on any atom is 0.408 e. The molecule has 0 aromatic heterocycles. The number of rotatable bonds is 4. The van der Waals surface area contributed by atoms with E-state index >= 15 is 0 Å². The molecule has 14 heavy (non-hydrogen) atoms. The molecule has 0 rings (SSSR count). The second kappa shape index (κ2) is 5.42. The van der Waals surface area contributed by atoms with Crippen LogP contribution in [0, 0.1) is 0 Å². The highest BCUT2D eigenvalue weighted by molar-refractivity contribution is 5.69. The summed E-state index contributed by atoms with van der Waals surface area (Å²) in [7, 11) is 0. The number of ether oxygens (including phenoxy) is 1. The molecule has 0 saturated carbocycles. The fraction of sp³-hybridized carbons (Fsp3) is 0.600. The van der Waals surface area contributed by atoms with Gasteiger partial charge >= 0.3 is 6.09 Å². The molecule has 0 radical (unpaired) electrons. The van der Waals surface area contributed by atoms with Gasteiger partial charge in [0.2, 0.25) is 0 Å². The summed E-state index contributed by atoms with van der Waals surface area (Å²) in [4.78, 5) is 21.4. The first-order valence-electron chi connectivity index (χ1n) is 4.44. The van der Waals surface area contributed by atoms with Gasteiger partial charge in [-0.05, 0) is 20.8 Å². The normalized spacial score (nSPS) is 12.8. The summed E-state index contributed by atoms with van der Waals surface area (Å²) >= 11 is 0. The lowest BCUT2D eigenvalue weighted by Crippen LogP contribution is -2.38. The van der Waals surface area contributed by atoms with Gasteiger partial charge in [0.15, 0.2) is 0 Å². The third kappa shape index (κ3) is 6.22. The second-order valence-electron chi connectivity index (χ2n) is 3.89. The van der Waals surface area contributed by atoms with Crippen molar-refractivity contribution in [2.24, 2.45) is 0 Å². The van der Waals surface area contributed by atoms with Crippen LogP contribution in [0.15, 0.2) is 12.7 Å². The molecule has 80 valence electrons. The van der Waals surface area contributed by atoms with Gasteiger partial charge in [-0.25, -0.2) is 4.79 Å². The number of hydrogen-bond donors (Lipinski definition) is 1. The van der Waals surface area contributed by atoms with E-state index in [1.807, 2.05) is 0 Å². The van der Waals surface area contributed by atoms with Crippen molar-refractivity contribution in [2.45, 2.75) is 38.8 Å². The Morgan fingerprint density at radius 1 is 1.57 bits per heavy atom. The van der Waals surface area contributed by atoms with Gasteiger partial charge in [-0.15, -0.1) is 6.58 Å². The van der Waals surface area contributed by atoms with Crippen molar-refractivity contribution in [1.29, 1.82) is 0 Å². The van der Waals surface area contributed by atoms with Crippen molar-refractivity contribution < 1.29 is 14.3 Å². The van der Waals surface area contributed by atoms with Crippen molar-refractivity contribution in [3.05, 3.63) is 12.7 Å². The summed E-state index contributed by atoms with van der Waals surface area (Å²) in [6, 6.07) is -0.359. The van der Waals surface area contributed by atoms with E-state index < -0.39 is 11.7 Å². The molecule has 0 saturated heterocycles. The summed E-state index contributed by atoms with van der Waals surface area (Å²) in [5.74, 6) is 0. The van der Waals surface area contributed by atoms with E-state index in [9.17, 15) is 9.59 Å². The molecule has 0 heterocycles. The molecule has 1 N–H and O–H groups in total. The monoisotopic (exact) mass is 199 g/mol. The lowest BCUT2D eigenvalue weighted by molar-refractivity contribution is -0.108. The maximum atomic E-state index is 11.2. The summed E-state index contributed by atoms with van der Waals surface area (Å²) in [6.45, 7) is 8.82. The van der Waals surface area contributed by atoms with Gasteiger partial charge in [0, 0.05) is 6.42 Å². The Morgan fingerprint density at radius 2 is 2.14 bits per heavy atom. The number of hydrogen-bond acceptors (Lipinski definition) is 3. The fourth-order valence-corrected chi connectivity index (χ4v) is 0.777. The third-order valence-electron chi connectivity index (χ3n) is 1.34. The van der Waals surface area contributed by atoms with Crippen LogP contribution in [0.5, 0.6) is 0 Å². The summed E-state index contributed by atoms with van der Waals surface area (Å²) in [5, 5.41) is 2.51. The SMILES string of the molecule is C=CC(CC=O)NC(=O)OC(C)(C)C. The van der Waals surface area contributed by atoms with Crippen molar-refractivity contribution in [3.8, 4) is 0 Å². The van der Waals surface area contributed by atoms with Gasteiger partial charge in [0.1, 0.15) is 11.9 Å². The van der Waals surface area contributed by atoms with Crippen LogP contribution in [0.25, 0.3) is 0 Å². The Labute approximate surface area is 84.3 Å². The van der Waals surface area contributed by atoms with Crippen LogP contribution in [0.4, 0.5) is 4.79 Å². The van der Waals surface area contributed by atoms with E-state index in [0.717, 1.165) is 6.29 Å². The number of amides is 1. The van der Waals surface area contributed by atoms with Crippen molar-refractivity contribution in [2.75, 3.05) is 0 Å². The molecule has 0 aliphatic heterocycles. The van der Waals surface area contributed by atoms with Gasteiger partial charge in [0.05, 0.1) is 6.04 Å². The zero-order valence-electron chi connectivity index (χ0n) is 8.87. The molecule has 1 unspecified atom stereocenters. The average molecular weight is 199 g/mol. The highest BCUT2D eigenvalue weighted by Crippen LogP contribution is 2.07. The smallest absolute Gasteiger partial charge is 0.408 e. The molecule has 0 bridgehead atoms. The molecule has 4 nitrogen and oxygen atoms in total. The van der Waals surface area contributed by atoms with Gasteiger partial charge in [-0.1, -0.05) is 6.08 Å². The van der Waals surface area contributed by atoms with Crippen LogP contribution in [0.3, 0.4) is 0 Å². The van der Waals surface area contributed by atoms with Crippen LogP contribution in [0.1, 0.15) is 27.2 Å². The van der Waals surface area contributed by atoms with Crippen LogP contribution >= 0.6 is 0 Å². The Bertz CT molecular complexity index is 218. The minimum absolute atomic E-state index is 0.211. The highest BCUT2D eigenvalue weighted by Gasteiger charge is 2.17. The predicted molar refractivity (Wildman–Crippen MR) is 54.0 cm³/mol. The van der Waals surface area contributed by atoms with E-state index in [0.29, 0.717) is 0 Å². The highest BCUT2D eigenvalue weighted by atomic mass is 16.6. The summed E-state index contributed by atoms with van der Waals surface area (Å²) in [5.41, 5.74) is -0.531. The number of alkyl carbamates (subject to hydrolysis) is 1. The van der Waals surface area contributed by atoms with Crippen LogP contribution in [0.2, 0.25) is 0 Å². The van der Waals surface area contributed by atoms with Crippen molar-refractivity contribution in [3.63, 3.8) is 0 Å². The van der Waals surface area contributed by atoms with Gasteiger partial charge in [-0.3, -0.25) is 0 Å². The maximum absolute atomic E-state index is 11.2. The Morgan fingerprint density at radius 3 is 2.50 bits per heavy atom. The van der Waals surface area contributed by atoms with Crippen molar-refractivity contribution >= 4 is 12.4 Å². The predicted octanol–water partition coefficient (Wildman–Crippen LogP) is 1.65. The molecule has 4 heteroatoms. The number of nitrogens with one attached hydrogen (secondary N) is 1. The van der Waals surface area contributed by atoms with E-state index in [1.54, 1.807) is 20.8 Å². The van der Waals surface area contributed by atoms with Gasteiger partial charge in [0.25, 0.3) is 0 Å². The summed E-state index contributed by atoms with van der Waals surface area (Å²) in [6.07, 6.45) is 1.90. The molecular formula is C10H17NO3. The number of carbonyl (C=O) groups excluding carboxylic acids is 2. The molecule has 1 atom stereocenters. The Balaban J connectivity index is 4.03. The molecule has 0 aliphatic carbocycles. The minimum atomic E-state index is -0.538. The van der Waals surface area contributed by atoms with Gasteiger partial charge in [-0.2, -0.15) is 0 Å². The topological polar surface area (TPSA) is 55.4 Å². The summed E-state index contributed by atoms with van der Waals surface area (Å²) < 4.78 is 5.00. The lowest BCUT2D eigenvalue weighted by atomic mass is 10.2. The zero-order chi connectivity index (χ0) is 11.2. The third-order valence-corrected chi connectivity index (χ3v) is 1.34. The Kier molecular flexibility index (Phi) is 4.91. The molecule has 0 aromatic rings. The van der Waals surface area contributed by atoms with E-state index in [1.165, 1.54) is 6.08 Å². The standard InChI is InChI=1S/C10H17NO3/c1-5-8(6-7-12)11-9(13)14-10(2,3)4/h5,7-8H,1,6H2,2-4H3,(H,11,13). The fourth-order valence-electron chi connectivity index (χ4n) is 0.777. The first-order valence-corrected chi connectivity index (χ1v) is 4.44. The minimum Gasteiger partial charge on any atom is -0.444 e. The Hall–Kier alpha value is -1.32. The first-order chi connectivity index (χ1) is 6.39. The second-order valence-corrected chi connectivity index (χ2v) is 3.89. The molecule has 1 amide bonds. The van der Waals surface area contributed by atoms with E-state index in [2.05, 4.69) is 11.9 Å². The van der Waals surface area contributed by atoms with Crippen molar-refractivity contribution in [1.82, 2.24) is 5.32 Å². The molecule has 0 aromatic carbocycles.